The second kappa shape index (κ2) is 10.9. The van der Waals surface area contributed by atoms with E-state index in [0.29, 0.717) is 12.8 Å². The number of hydrogen-bond acceptors (Lipinski definition) is 5. The zero-order chi connectivity index (χ0) is 16.2. The number of pyridine rings is 1. The predicted molar refractivity (Wildman–Crippen MR) is 90.7 cm³/mol. The number of hydrogen-bond donors (Lipinski definition) is 3. The minimum atomic E-state index is -0.563. The Morgan fingerprint density at radius 1 is 1.36 bits per heavy atom. The van der Waals surface area contributed by atoms with E-state index in [4.69, 9.17) is 5.73 Å². The largest absolute Gasteiger partial charge is 0.370 e. The monoisotopic (exact) mass is 324 g/mol. The highest BCUT2D eigenvalue weighted by molar-refractivity contribution is 7.98. The summed E-state index contributed by atoms with van der Waals surface area (Å²) in [6.45, 7) is 0.760. The molecule has 0 fully saturated rings. The number of nitrogens with zero attached hydrogens (tertiary/aromatic N) is 1. The quantitative estimate of drug-likeness (QED) is 0.534. The molecule has 1 aromatic rings. The second-order valence-corrected chi connectivity index (χ2v) is 5.89. The lowest BCUT2D eigenvalue weighted by molar-refractivity contribution is -0.127. The summed E-state index contributed by atoms with van der Waals surface area (Å²) in [6, 6.07) is 5.12. The van der Waals surface area contributed by atoms with Crippen molar-refractivity contribution in [1.82, 2.24) is 10.3 Å². The molecule has 0 radical (unpaired) electrons. The molecule has 1 atom stereocenters. The van der Waals surface area contributed by atoms with E-state index < -0.39 is 11.9 Å². The number of primary amides is 1. The Morgan fingerprint density at radius 3 is 2.82 bits per heavy atom. The molecule has 122 valence electrons. The Kier molecular flexibility index (Phi) is 9.06. The van der Waals surface area contributed by atoms with Crippen LogP contribution in [0.25, 0.3) is 0 Å². The van der Waals surface area contributed by atoms with E-state index >= 15 is 0 Å². The minimum absolute atomic E-state index is 0.122. The molecule has 0 aliphatic heterocycles. The third-order valence-electron chi connectivity index (χ3n) is 3.09. The smallest absolute Gasteiger partial charge is 0.240 e. The summed E-state index contributed by atoms with van der Waals surface area (Å²) in [7, 11) is 0. The summed E-state index contributed by atoms with van der Waals surface area (Å²) in [6.07, 6.45) is 6.26. The van der Waals surface area contributed by atoms with Gasteiger partial charge in [0.1, 0.15) is 11.9 Å². The van der Waals surface area contributed by atoms with Crippen LogP contribution in [0.3, 0.4) is 0 Å². The van der Waals surface area contributed by atoms with Crippen LogP contribution < -0.4 is 16.4 Å². The molecule has 0 saturated heterocycles. The first-order chi connectivity index (χ1) is 10.6. The number of carbonyl (C=O) groups is 2. The Labute approximate surface area is 135 Å². The molecule has 0 spiro atoms. The fourth-order valence-corrected chi connectivity index (χ4v) is 2.35. The number of rotatable bonds is 11. The SMILES string of the molecule is CSCC[C@@H](NC(=O)CCCCNc1ccccn1)C(N)=O. The molecule has 4 N–H and O–H groups in total. The third-order valence-corrected chi connectivity index (χ3v) is 3.73. The maximum Gasteiger partial charge on any atom is 0.240 e. The van der Waals surface area contributed by atoms with Gasteiger partial charge in [-0.3, -0.25) is 9.59 Å². The van der Waals surface area contributed by atoms with Crippen molar-refractivity contribution in [2.75, 3.05) is 23.9 Å². The van der Waals surface area contributed by atoms with E-state index in [1.165, 1.54) is 0 Å². The van der Waals surface area contributed by atoms with E-state index in [-0.39, 0.29) is 5.91 Å². The summed E-state index contributed by atoms with van der Waals surface area (Å²) in [5.41, 5.74) is 5.29. The summed E-state index contributed by atoms with van der Waals surface area (Å²) < 4.78 is 0. The van der Waals surface area contributed by atoms with E-state index in [0.717, 1.165) is 31.0 Å². The van der Waals surface area contributed by atoms with E-state index in [1.807, 2.05) is 24.5 Å². The molecule has 0 saturated carbocycles. The Bertz CT molecular complexity index is 456. The zero-order valence-corrected chi connectivity index (χ0v) is 13.7. The normalized spacial score (nSPS) is 11.7. The van der Waals surface area contributed by atoms with Gasteiger partial charge < -0.3 is 16.4 Å². The first-order valence-electron chi connectivity index (χ1n) is 7.36. The fraction of sp³-hybridized carbons (Fsp3) is 0.533. The van der Waals surface area contributed by atoms with Gasteiger partial charge in [-0.25, -0.2) is 4.98 Å². The molecule has 1 heterocycles. The summed E-state index contributed by atoms with van der Waals surface area (Å²) in [5.74, 6) is 1.03. The van der Waals surface area contributed by atoms with Crippen molar-refractivity contribution < 1.29 is 9.59 Å². The lowest BCUT2D eigenvalue weighted by Crippen LogP contribution is -2.44. The minimum Gasteiger partial charge on any atom is -0.370 e. The third kappa shape index (κ3) is 7.87. The number of aromatic nitrogens is 1. The highest BCUT2D eigenvalue weighted by Gasteiger charge is 2.16. The van der Waals surface area contributed by atoms with Crippen molar-refractivity contribution in [3.63, 3.8) is 0 Å². The van der Waals surface area contributed by atoms with Crippen LogP contribution >= 0.6 is 11.8 Å². The molecule has 6 nitrogen and oxygen atoms in total. The average molecular weight is 324 g/mol. The Balaban J connectivity index is 2.15. The Hall–Kier alpha value is -1.76. The van der Waals surface area contributed by atoms with E-state index in [1.54, 1.807) is 18.0 Å². The molecule has 1 aromatic heterocycles. The van der Waals surface area contributed by atoms with Crippen LogP contribution in [0.15, 0.2) is 24.4 Å². The van der Waals surface area contributed by atoms with Crippen LogP contribution in [0.1, 0.15) is 25.7 Å². The van der Waals surface area contributed by atoms with Gasteiger partial charge in [-0.05, 0) is 43.4 Å². The van der Waals surface area contributed by atoms with Crippen LogP contribution in [0.5, 0.6) is 0 Å². The van der Waals surface area contributed by atoms with Crippen LogP contribution in [-0.2, 0) is 9.59 Å². The molecule has 0 aliphatic carbocycles. The number of unbranched alkanes of at least 4 members (excludes halogenated alkanes) is 1. The van der Waals surface area contributed by atoms with Crippen LogP contribution in [0.2, 0.25) is 0 Å². The summed E-state index contributed by atoms with van der Waals surface area (Å²) >= 11 is 1.62. The molecule has 22 heavy (non-hydrogen) atoms. The van der Waals surface area contributed by atoms with Gasteiger partial charge in [0.15, 0.2) is 0 Å². The number of thioether (sulfide) groups is 1. The molecular weight excluding hydrogens is 300 g/mol. The fourth-order valence-electron chi connectivity index (χ4n) is 1.88. The second-order valence-electron chi connectivity index (χ2n) is 4.90. The molecule has 2 amide bonds. The van der Waals surface area contributed by atoms with Crippen molar-refractivity contribution in [3.05, 3.63) is 24.4 Å². The van der Waals surface area contributed by atoms with Crippen LogP contribution in [0.4, 0.5) is 5.82 Å². The topological polar surface area (TPSA) is 97.1 Å². The van der Waals surface area contributed by atoms with Gasteiger partial charge in [-0.2, -0.15) is 11.8 Å². The van der Waals surface area contributed by atoms with Gasteiger partial charge in [0.2, 0.25) is 11.8 Å². The number of nitrogens with one attached hydrogen (secondary N) is 2. The number of nitrogens with two attached hydrogens (primary N) is 1. The maximum atomic E-state index is 11.8. The highest BCUT2D eigenvalue weighted by Crippen LogP contribution is 2.04. The molecule has 7 heteroatoms. The summed E-state index contributed by atoms with van der Waals surface area (Å²) in [4.78, 5) is 27.2. The molecule has 0 unspecified atom stereocenters. The number of anilines is 1. The first kappa shape index (κ1) is 18.3. The number of amides is 2. The lowest BCUT2D eigenvalue weighted by atomic mass is 10.2. The van der Waals surface area contributed by atoms with Gasteiger partial charge in [0.05, 0.1) is 0 Å². The Morgan fingerprint density at radius 2 is 2.18 bits per heavy atom. The van der Waals surface area contributed by atoms with Crippen LogP contribution in [0, 0.1) is 0 Å². The molecule has 0 aromatic carbocycles. The van der Waals surface area contributed by atoms with E-state index in [9.17, 15) is 9.59 Å². The standard InChI is InChI=1S/C15H24N4O2S/c1-22-11-8-12(15(16)21)19-14(20)7-3-5-10-18-13-6-2-4-9-17-13/h2,4,6,9,12H,3,5,7-8,10-11H2,1H3,(H2,16,21)(H,17,18)(H,19,20)/t12-/m1/s1. The highest BCUT2D eigenvalue weighted by atomic mass is 32.2. The van der Waals surface area contributed by atoms with Gasteiger partial charge in [-0.1, -0.05) is 6.07 Å². The van der Waals surface area contributed by atoms with Crippen molar-refractivity contribution in [2.24, 2.45) is 5.73 Å². The molecule has 0 bridgehead atoms. The lowest BCUT2D eigenvalue weighted by Gasteiger charge is -2.14. The molecular formula is C15H24N4O2S. The maximum absolute atomic E-state index is 11.8. The number of carbonyl (C=O) groups excluding carboxylic acids is 2. The summed E-state index contributed by atoms with van der Waals surface area (Å²) in [5, 5.41) is 5.89. The van der Waals surface area contributed by atoms with Gasteiger partial charge in [0, 0.05) is 19.2 Å². The first-order valence-corrected chi connectivity index (χ1v) is 8.75. The predicted octanol–water partition coefficient (Wildman–Crippen LogP) is 1.39. The molecule has 1 rings (SSSR count). The van der Waals surface area contributed by atoms with Gasteiger partial charge >= 0.3 is 0 Å². The zero-order valence-electron chi connectivity index (χ0n) is 12.9. The van der Waals surface area contributed by atoms with E-state index in [2.05, 4.69) is 15.6 Å². The van der Waals surface area contributed by atoms with Crippen molar-refractivity contribution in [2.45, 2.75) is 31.7 Å². The van der Waals surface area contributed by atoms with Gasteiger partial charge in [-0.15, -0.1) is 0 Å². The van der Waals surface area contributed by atoms with Crippen molar-refractivity contribution >= 4 is 29.4 Å². The average Bonchev–Trinajstić information content (AvgIpc) is 2.51. The van der Waals surface area contributed by atoms with Gasteiger partial charge in [0.25, 0.3) is 0 Å². The van der Waals surface area contributed by atoms with Crippen LogP contribution in [-0.4, -0.2) is 41.4 Å². The molecule has 0 aliphatic rings. The van der Waals surface area contributed by atoms with Crippen molar-refractivity contribution in [1.29, 1.82) is 0 Å². The van der Waals surface area contributed by atoms with Crippen molar-refractivity contribution in [3.8, 4) is 0 Å².